The lowest BCUT2D eigenvalue weighted by atomic mass is 9.97. The standard InChI is InChI=1S/C80H143N11O33P/c1-52(95)87-68-74(110)71(107)57(45-92)122-77(68)118-37-17-14-23-60(99)81-31-20-34-84-63(102)28-40-115-49-80(90-66(105)26-12-10-8-6-7-9-11-13-27-67(106)91-44-56(98)43-55(91)48-121-125(5,113)114-4,50-116-41-29-64(103)85-35-21-32-82-61(100)24-15-18-38-119-78-69(88-53(2)96)75(111)72(108)58(46-93)123-78)51-117-42-30-65(104)86-36-22-33-83-62(101)25-16-19-39-120-79-70(89-54(3)97)76(112)73(109)59(47-94)124-79/h55-59,68-79,92-94,98,107-112H,5-51H2,1-4H3,(H,81,99)(H,82,100)(H,83,101)(H,84,102)(H,85,103)(H,86,104)(H,87,95)(H,88,96)(H,89,97)(H,90,105)/q-1/t55-,56+,57?,58?,59?,68?,69?,70?,71?,72?,73?,74?,75?,76?,77?,78?,79?,80?,125?/m0/s1. The fourth-order valence-electron chi connectivity index (χ4n) is 14.0. The van der Waals surface area contributed by atoms with Crippen LogP contribution in [0, 0.1) is 6.66 Å². The molecule has 0 aromatic carbocycles. The van der Waals surface area contributed by atoms with E-state index < -0.39 is 161 Å². The number of nitrogens with one attached hydrogen (secondary N) is 10. The van der Waals surface area contributed by atoms with E-state index in [2.05, 4.69) is 59.8 Å². The number of ether oxygens (including phenoxy) is 9. The summed E-state index contributed by atoms with van der Waals surface area (Å²) in [6.07, 6.45) is -6.40. The summed E-state index contributed by atoms with van der Waals surface area (Å²) in [4.78, 5) is 142. The van der Waals surface area contributed by atoms with Crippen LogP contribution in [0.15, 0.2) is 0 Å². The molecule has 0 aliphatic carbocycles. The van der Waals surface area contributed by atoms with E-state index in [4.69, 9.17) is 51.7 Å². The first-order chi connectivity index (χ1) is 59.8. The second-order valence-electron chi connectivity index (χ2n) is 31.7. The van der Waals surface area contributed by atoms with Crippen LogP contribution in [0.1, 0.15) is 188 Å². The Balaban J connectivity index is 1.31. The first-order valence-electron chi connectivity index (χ1n) is 43.6. The Morgan fingerprint density at radius 1 is 0.400 bits per heavy atom. The smallest absolute Gasteiger partial charge is 0.222 e. The van der Waals surface area contributed by atoms with E-state index in [-0.39, 0.29) is 211 Å². The Morgan fingerprint density at radius 3 is 1.01 bits per heavy atom. The number of aliphatic hydroxyl groups is 10. The average Bonchev–Trinajstić information content (AvgIpc) is 0.914. The molecule has 20 N–H and O–H groups in total. The van der Waals surface area contributed by atoms with Gasteiger partial charge in [0.1, 0.15) is 78.6 Å². The molecule has 0 bridgehead atoms. The molecule has 16 unspecified atom stereocenters. The van der Waals surface area contributed by atoms with Crippen LogP contribution >= 0.6 is 7.60 Å². The zero-order valence-corrected chi connectivity index (χ0v) is 73.7. The van der Waals surface area contributed by atoms with Crippen LogP contribution in [0.4, 0.5) is 0 Å². The van der Waals surface area contributed by atoms with Gasteiger partial charge in [-0.2, -0.15) is 0 Å². The molecule has 4 saturated heterocycles. The van der Waals surface area contributed by atoms with Crippen LogP contribution in [0.5, 0.6) is 0 Å². The van der Waals surface area contributed by atoms with E-state index in [1.165, 1.54) is 27.9 Å². The Hall–Kier alpha value is -6.44. The largest absolute Gasteiger partial charge is 0.394 e. The Labute approximate surface area is 730 Å². The normalized spacial score (nSPS) is 25.2. The van der Waals surface area contributed by atoms with Crippen molar-refractivity contribution < 1.29 is 160 Å². The van der Waals surface area contributed by atoms with Crippen molar-refractivity contribution in [3.63, 3.8) is 0 Å². The maximum absolute atomic E-state index is 14.1. The molecule has 11 amide bonds. The number of β-amino-alcohol motifs (C(OH)–C–C–N with tert-alkyl or cyclic N) is 1. The highest BCUT2D eigenvalue weighted by molar-refractivity contribution is 7.55. The number of carbonyl (C=O) groups excluding carboxylic acids is 11. The van der Waals surface area contributed by atoms with Gasteiger partial charge in [-0.3, -0.25) is 57.3 Å². The van der Waals surface area contributed by atoms with E-state index in [1.807, 2.05) is 0 Å². The first kappa shape index (κ1) is 111. The highest BCUT2D eigenvalue weighted by Gasteiger charge is 2.48. The lowest BCUT2D eigenvalue weighted by molar-refractivity contribution is -0.270. The minimum Gasteiger partial charge on any atom is -0.394 e. The first-order valence-corrected chi connectivity index (χ1v) is 45.3. The van der Waals surface area contributed by atoms with Gasteiger partial charge in [-0.15, -0.1) is 0 Å². The summed E-state index contributed by atoms with van der Waals surface area (Å²) in [6, 6.07) is -3.77. The molecular formula is C80H143N11O33P-. The van der Waals surface area contributed by atoms with Crippen molar-refractivity contribution in [2.24, 2.45) is 0 Å². The molecule has 4 rings (SSSR count). The second-order valence-corrected chi connectivity index (χ2v) is 33.5. The Morgan fingerprint density at radius 2 is 0.696 bits per heavy atom. The van der Waals surface area contributed by atoms with Gasteiger partial charge in [0.05, 0.1) is 78.2 Å². The molecule has 4 fully saturated rings. The van der Waals surface area contributed by atoms with E-state index in [1.54, 1.807) is 4.90 Å². The summed E-state index contributed by atoms with van der Waals surface area (Å²) in [6.45, 7) is 5.59. The number of unbranched alkanes of at least 4 members (excludes halogenated alkanes) is 10. The summed E-state index contributed by atoms with van der Waals surface area (Å²) >= 11 is 0. The minimum atomic E-state index is -3.53. The Kier molecular flexibility index (Phi) is 55.7. The molecule has 4 aliphatic heterocycles. The SMILES string of the molecule is [CH2-]P(=O)(OC)OC[C@@H]1C[C@@H](O)CN1C(=O)CCCCCCCCCCC(=O)NC(COCCC(=O)NCCCNC(=O)CCCCOC1OC(CO)C(O)C(O)C1NC(C)=O)(COCCC(=O)NCCCNC(=O)CCCCOC1OC(CO)C(O)C(O)C1NC(C)=O)COCCC(=O)NCCCNC(=O)CCCCOC1OC(CO)C(O)C(O)C1NC(C)=O. The Bertz CT molecular complexity index is 2980. The summed E-state index contributed by atoms with van der Waals surface area (Å²) in [5.41, 5.74) is -1.45. The summed E-state index contributed by atoms with van der Waals surface area (Å²) < 4.78 is 74.5. The fraction of sp³-hybridized carbons (Fsp3) is 0.850. The number of likely N-dealkylation sites (tertiary alicyclic amines) is 1. The average molecular weight is 1820 g/mol. The lowest BCUT2D eigenvalue weighted by Crippen LogP contribution is -2.64. The minimum absolute atomic E-state index is 0.0672. The molecule has 18 atom stereocenters. The molecule has 0 spiro atoms. The van der Waals surface area contributed by atoms with Crippen molar-refractivity contribution in [2.45, 2.75) is 297 Å². The highest BCUT2D eigenvalue weighted by Crippen LogP contribution is 2.46. The molecule has 0 aromatic heterocycles. The number of hydrogen-bond acceptors (Lipinski definition) is 33. The third-order valence-corrected chi connectivity index (χ3v) is 22.0. The van der Waals surface area contributed by atoms with Gasteiger partial charge in [0.15, 0.2) is 26.5 Å². The topological polar surface area (TPSA) is 632 Å². The van der Waals surface area contributed by atoms with Gasteiger partial charge < -0.3 is 161 Å². The van der Waals surface area contributed by atoms with Crippen LogP contribution in [-0.4, -0.2) is 369 Å². The zero-order valence-electron chi connectivity index (χ0n) is 72.8. The van der Waals surface area contributed by atoms with E-state index in [9.17, 15) is 108 Å². The molecular weight excluding hydrogens is 1670 g/mol. The molecule has 0 saturated carbocycles. The molecule has 722 valence electrons. The molecule has 45 heteroatoms. The van der Waals surface area contributed by atoms with Crippen LogP contribution in [-0.2, 0) is 109 Å². The molecule has 0 radical (unpaired) electrons. The van der Waals surface area contributed by atoms with E-state index in [0.717, 1.165) is 32.1 Å². The van der Waals surface area contributed by atoms with Gasteiger partial charge in [-0.05, 0) is 77.0 Å². The monoisotopic (exact) mass is 1820 g/mol. The predicted molar refractivity (Wildman–Crippen MR) is 443 cm³/mol. The van der Waals surface area contributed by atoms with Gasteiger partial charge in [0, 0.05) is 145 Å². The predicted octanol–water partition coefficient (Wildman–Crippen LogP) is -4.17. The van der Waals surface area contributed by atoms with Crippen LogP contribution in [0.2, 0.25) is 0 Å². The van der Waals surface area contributed by atoms with E-state index in [0.29, 0.717) is 77.0 Å². The molecule has 125 heavy (non-hydrogen) atoms. The molecule has 0 aromatic rings. The molecule has 4 heterocycles. The quantitative estimate of drug-likeness (QED) is 0.0156. The van der Waals surface area contributed by atoms with Crippen molar-refractivity contribution in [3.05, 3.63) is 6.66 Å². The maximum atomic E-state index is 14.1. The maximum Gasteiger partial charge on any atom is 0.222 e. The fourth-order valence-corrected chi connectivity index (χ4v) is 14.5. The summed E-state index contributed by atoms with van der Waals surface area (Å²) in [7, 11) is -2.31. The number of aliphatic hydroxyl groups excluding tert-OH is 10. The number of amides is 11. The third-order valence-electron chi connectivity index (χ3n) is 20.9. The van der Waals surface area contributed by atoms with Gasteiger partial charge in [-0.1, -0.05) is 38.5 Å². The lowest BCUT2D eigenvalue weighted by Gasteiger charge is -2.42. The van der Waals surface area contributed by atoms with E-state index >= 15 is 0 Å². The van der Waals surface area contributed by atoms with Crippen molar-refractivity contribution in [2.75, 3.05) is 139 Å². The van der Waals surface area contributed by atoms with Crippen molar-refractivity contribution in [3.8, 4) is 0 Å². The summed E-state index contributed by atoms with van der Waals surface area (Å²) in [5, 5.41) is 129. The van der Waals surface area contributed by atoms with Crippen molar-refractivity contribution in [1.29, 1.82) is 0 Å². The second kappa shape index (κ2) is 62.7. The van der Waals surface area contributed by atoms with Crippen molar-refractivity contribution in [1.82, 2.24) is 58.1 Å². The summed E-state index contributed by atoms with van der Waals surface area (Å²) in [5.74, 6) is -3.98. The molecule has 4 aliphatic rings. The van der Waals surface area contributed by atoms with Gasteiger partial charge in [0.25, 0.3) is 0 Å². The highest BCUT2D eigenvalue weighted by atomic mass is 31.2. The van der Waals surface area contributed by atoms with Gasteiger partial charge in [-0.25, -0.2) is 6.66 Å². The van der Waals surface area contributed by atoms with Crippen LogP contribution < -0.4 is 53.2 Å². The number of hydrogen-bond donors (Lipinski definition) is 20. The number of nitrogens with zero attached hydrogens (tertiary/aromatic N) is 1. The van der Waals surface area contributed by atoms with Crippen LogP contribution in [0.3, 0.4) is 0 Å². The van der Waals surface area contributed by atoms with Crippen LogP contribution in [0.25, 0.3) is 0 Å². The van der Waals surface area contributed by atoms with Gasteiger partial charge in [0.2, 0.25) is 65.0 Å². The third kappa shape index (κ3) is 45.1. The number of carbonyl (C=O) groups is 11. The van der Waals surface area contributed by atoms with Gasteiger partial charge >= 0.3 is 0 Å². The molecule has 44 nitrogen and oxygen atoms in total. The zero-order chi connectivity index (χ0) is 92.1. The number of rotatable bonds is 67. The van der Waals surface area contributed by atoms with Crippen molar-refractivity contribution >= 4 is 72.6 Å².